The Morgan fingerprint density at radius 2 is 1.89 bits per heavy atom. The number of pyridine rings is 1. The van der Waals surface area contributed by atoms with Crippen LogP contribution in [0.3, 0.4) is 0 Å². The number of thiophene rings is 1. The summed E-state index contributed by atoms with van der Waals surface area (Å²) in [5.74, 6) is -0.735. The van der Waals surface area contributed by atoms with E-state index in [-0.39, 0.29) is 29.8 Å². The van der Waals surface area contributed by atoms with Crippen LogP contribution >= 0.6 is 11.3 Å². The van der Waals surface area contributed by atoms with Gasteiger partial charge in [-0.2, -0.15) is 4.31 Å². The Kier molecular flexibility index (Phi) is 9.09. The average Bonchev–Trinajstić information content (AvgIpc) is 3.25. The van der Waals surface area contributed by atoms with Gasteiger partial charge in [0.05, 0.1) is 17.5 Å². The molecule has 37 heavy (non-hydrogen) atoms. The lowest BCUT2D eigenvalue weighted by Crippen LogP contribution is -2.53. The molecule has 2 aliphatic rings. The molecular weight excluding hydrogens is 512 g/mol. The van der Waals surface area contributed by atoms with Crippen molar-refractivity contribution in [3.05, 3.63) is 46.3 Å². The van der Waals surface area contributed by atoms with Gasteiger partial charge in [0, 0.05) is 17.6 Å². The fraction of sp³-hybridized carbons (Fsp3) is 0.538. The summed E-state index contributed by atoms with van der Waals surface area (Å²) < 4.78 is 27.1. The third kappa shape index (κ3) is 7.03. The highest BCUT2D eigenvalue weighted by atomic mass is 32.2. The summed E-state index contributed by atoms with van der Waals surface area (Å²) in [4.78, 5) is 44.8. The first-order chi connectivity index (χ1) is 17.7. The minimum atomic E-state index is -3.92. The van der Waals surface area contributed by atoms with Crippen molar-refractivity contribution < 1.29 is 22.8 Å². The number of nitrogens with one attached hydrogen (secondary N) is 2. The number of carbonyl (C=O) groups excluding carboxylic acids is 3. The first kappa shape index (κ1) is 27.4. The molecule has 11 heteroatoms. The lowest BCUT2D eigenvalue weighted by Gasteiger charge is -2.27. The number of sulfonamides is 1. The van der Waals surface area contributed by atoms with Crippen LogP contribution in [-0.2, 0) is 19.6 Å². The number of ketones is 1. The summed E-state index contributed by atoms with van der Waals surface area (Å²) in [6.45, 7) is 1.75. The Labute approximate surface area is 222 Å². The van der Waals surface area contributed by atoms with Gasteiger partial charge in [0.2, 0.25) is 5.91 Å². The van der Waals surface area contributed by atoms with Crippen LogP contribution in [0.25, 0.3) is 0 Å². The number of rotatable bonds is 8. The fourth-order valence-corrected chi connectivity index (χ4v) is 7.18. The molecule has 2 amide bonds. The van der Waals surface area contributed by atoms with Crippen LogP contribution in [-0.4, -0.2) is 60.5 Å². The Morgan fingerprint density at radius 1 is 1.11 bits per heavy atom. The zero-order chi connectivity index (χ0) is 26.4. The van der Waals surface area contributed by atoms with Crippen molar-refractivity contribution in [2.24, 2.45) is 5.92 Å². The molecule has 1 saturated heterocycles. The van der Waals surface area contributed by atoms with Gasteiger partial charge in [-0.15, -0.1) is 11.3 Å². The van der Waals surface area contributed by atoms with Gasteiger partial charge in [-0.1, -0.05) is 38.2 Å². The van der Waals surface area contributed by atoms with Crippen molar-refractivity contribution in [3.63, 3.8) is 0 Å². The smallest absolute Gasteiger partial charge is 0.262 e. The van der Waals surface area contributed by atoms with Gasteiger partial charge >= 0.3 is 0 Å². The van der Waals surface area contributed by atoms with E-state index in [1.165, 1.54) is 30.0 Å². The molecule has 1 aliphatic heterocycles. The number of hydrogen-bond donors (Lipinski definition) is 2. The lowest BCUT2D eigenvalue weighted by molar-refractivity contribution is -0.129. The summed E-state index contributed by atoms with van der Waals surface area (Å²) >= 11 is 1.37. The van der Waals surface area contributed by atoms with Crippen molar-refractivity contribution >= 4 is 39.0 Å². The molecule has 9 nitrogen and oxygen atoms in total. The minimum Gasteiger partial charge on any atom is -0.344 e. The Bertz CT molecular complexity index is 1210. The second kappa shape index (κ2) is 12.3. The Hall–Kier alpha value is -2.63. The molecule has 2 aromatic heterocycles. The van der Waals surface area contributed by atoms with Crippen LogP contribution in [0.5, 0.6) is 0 Å². The number of carbonyl (C=O) groups is 3. The molecule has 4 rings (SSSR count). The van der Waals surface area contributed by atoms with E-state index in [9.17, 15) is 22.8 Å². The van der Waals surface area contributed by atoms with Gasteiger partial charge in [-0.25, -0.2) is 13.4 Å². The monoisotopic (exact) mass is 546 g/mol. The molecule has 0 radical (unpaired) electrons. The molecule has 1 saturated carbocycles. The summed E-state index contributed by atoms with van der Waals surface area (Å²) in [7, 11) is -3.92. The van der Waals surface area contributed by atoms with Crippen LogP contribution in [0, 0.1) is 12.8 Å². The number of aromatic nitrogens is 1. The highest BCUT2D eigenvalue weighted by Crippen LogP contribution is 2.28. The van der Waals surface area contributed by atoms with E-state index in [0.717, 1.165) is 34.9 Å². The van der Waals surface area contributed by atoms with Crippen molar-refractivity contribution in [3.8, 4) is 0 Å². The Balaban J connectivity index is 1.44. The van der Waals surface area contributed by atoms with Crippen molar-refractivity contribution in [2.75, 3.05) is 13.1 Å². The zero-order valence-electron chi connectivity index (χ0n) is 21.0. The summed E-state index contributed by atoms with van der Waals surface area (Å²) in [6.07, 6.45) is 8.09. The molecule has 3 heterocycles. The number of hydrogen-bond acceptors (Lipinski definition) is 7. The highest BCUT2D eigenvalue weighted by Gasteiger charge is 2.35. The second-order valence-electron chi connectivity index (χ2n) is 9.85. The summed E-state index contributed by atoms with van der Waals surface area (Å²) in [6, 6.07) is 6.65. The van der Waals surface area contributed by atoms with E-state index in [4.69, 9.17) is 0 Å². The van der Waals surface area contributed by atoms with Gasteiger partial charge in [-0.3, -0.25) is 14.4 Å². The largest absolute Gasteiger partial charge is 0.344 e. The molecule has 1 unspecified atom stereocenters. The van der Waals surface area contributed by atoms with E-state index in [2.05, 4.69) is 15.6 Å². The molecule has 2 fully saturated rings. The second-order valence-corrected chi connectivity index (χ2v) is 13.0. The Morgan fingerprint density at radius 3 is 2.57 bits per heavy atom. The lowest BCUT2D eigenvalue weighted by atomic mass is 9.84. The summed E-state index contributed by atoms with van der Waals surface area (Å²) in [5, 5.41) is 5.63. The zero-order valence-corrected chi connectivity index (χ0v) is 22.7. The van der Waals surface area contributed by atoms with Crippen molar-refractivity contribution in [1.29, 1.82) is 0 Å². The fourth-order valence-electron chi connectivity index (χ4n) is 5.03. The normalized spacial score (nSPS) is 20.7. The third-order valence-electron chi connectivity index (χ3n) is 7.06. The number of aryl methyl sites for hydroxylation is 1. The predicted molar refractivity (Wildman–Crippen MR) is 141 cm³/mol. The molecular formula is C26H34N4O5S2. The van der Waals surface area contributed by atoms with E-state index < -0.39 is 28.0 Å². The van der Waals surface area contributed by atoms with Crippen LogP contribution in [0.2, 0.25) is 0 Å². The first-order valence-corrected chi connectivity index (χ1v) is 15.1. The molecule has 2 atom stereocenters. The maximum Gasteiger partial charge on any atom is 0.262 e. The van der Waals surface area contributed by atoms with Crippen LogP contribution < -0.4 is 10.6 Å². The maximum atomic E-state index is 13.4. The minimum absolute atomic E-state index is 0.107. The van der Waals surface area contributed by atoms with Crippen LogP contribution in [0.15, 0.2) is 41.6 Å². The third-order valence-corrected chi connectivity index (χ3v) is 9.82. The van der Waals surface area contributed by atoms with E-state index in [0.29, 0.717) is 30.1 Å². The van der Waals surface area contributed by atoms with Gasteiger partial charge in [-0.05, 0) is 56.4 Å². The quantitative estimate of drug-likeness (QED) is 0.524. The molecule has 2 aromatic rings. The SMILES string of the molecule is Cc1ccc(C(=O)NC(CC2CCCCC2)C(=O)N[C@H]2CCCN(S(=O)(=O)c3ccccn3)CC2=O)s1. The van der Waals surface area contributed by atoms with Gasteiger partial charge in [0.1, 0.15) is 6.04 Å². The van der Waals surface area contributed by atoms with E-state index in [1.54, 1.807) is 18.2 Å². The van der Waals surface area contributed by atoms with E-state index in [1.807, 2.05) is 13.0 Å². The van der Waals surface area contributed by atoms with Gasteiger partial charge < -0.3 is 10.6 Å². The van der Waals surface area contributed by atoms with Gasteiger partial charge in [0.15, 0.2) is 10.8 Å². The maximum absolute atomic E-state index is 13.4. The molecule has 0 aromatic carbocycles. The molecule has 1 aliphatic carbocycles. The first-order valence-electron chi connectivity index (χ1n) is 12.9. The summed E-state index contributed by atoms with van der Waals surface area (Å²) in [5.41, 5.74) is 0. The number of Topliss-reactive ketones (excluding diaryl/α,β-unsaturated/α-hetero) is 1. The highest BCUT2D eigenvalue weighted by molar-refractivity contribution is 7.89. The van der Waals surface area contributed by atoms with Crippen LogP contribution in [0.1, 0.15) is 65.9 Å². The van der Waals surface area contributed by atoms with Gasteiger partial charge in [0.25, 0.3) is 15.9 Å². The number of amides is 2. The van der Waals surface area contributed by atoms with Crippen molar-refractivity contribution in [2.45, 2.75) is 75.4 Å². The van der Waals surface area contributed by atoms with E-state index >= 15 is 0 Å². The average molecular weight is 547 g/mol. The number of nitrogens with zero attached hydrogens (tertiary/aromatic N) is 2. The molecule has 200 valence electrons. The topological polar surface area (TPSA) is 126 Å². The molecule has 0 bridgehead atoms. The van der Waals surface area contributed by atoms with Crippen LogP contribution in [0.4, 0.5) is 0 Å². The molecule has 0 spiro atoms. The molecule has 2 N–H and O–H groups in total. The predicted octanol–water partition coefficient (Wildman–Crippen LogP) is 3.06. The van der Waals surface area contributed by atoms with Crippen molar-refractivity contribution in [1.82, 2.24) is 19.9 Å². The standard InChI is InChI=1S/C26H34N4O5S2/c1-18-12-13-23(36-18)26(33)29-21(16-19-8-3-2-4-9-19)25(32)28-20-10-7-15-30(17-22(20)31)37(34,35)24-11-5-6-14-27-24/h5-6,11-14,19-21H,2-4,7-10,15-17H2,1H3,(H,28,32)(H,29,33)/t20-,21?/m0/s1.